The largest absolute Gasteiger partial charge is 0.352 e. The summed E-state index contributed by atoms with van der Waals surface area (Å²) in [7, 11) is 1.87. The fourth-order valence-electron chi connectivity index (χ4n) is 2.94. The maximum absolute atomic E-state index is 12.8. The lowest BCUT2D eigenvalue weighted by Gasteiger charge is -2.35. The minimum atomic E-state index is 0.0720. The van der Waals surface area contributed by atoms with Gasteiger partial charge in [0, 0.05) is 38.9 Å². The van der Waals surface area contributed by atoms with Crippen LogP contribution in [-0.2, 0) is 7.05 Å². The Morgan fingerprint density at radius 3 is 2.26 bits per heavy atom. The van der Waals surface area contributed by atoms with E-state index in [4.69, 9.17) is 0 Å². The van der Waals surface area contributed by atoms with Crippen molar-refractivity contribution in [2.45, 2.75) is 20.8 Å². The number of nitrogens with zero attached hydrogens (tertiary/aromatic N) is 6. The molecule has 7 heteroatoms. The van der Waals surface area contributed by atoms with Gasteiger partial charge in [-0.3, -0.25) is 9.48 Å². The molecule has 122 valence electrons. The average Bonchev–Trinajstić information content (AvgIpc) is 2.80. The van der Waals surface area contributed by atoms with Crippen molar-refractivity contribution >= 4 is 11.7 Å². The van der Waals surface area contributed by atoms with E-state index in [0.29, 0.717) is 13.1 Å². The zero-order chi connectivity index (χ0) is 16.6. The molecule has 2 aromatic heterocycles. The molecule has 3 heterocycles. The summed E-state index contributed by atoms with van der Waals surface area (Å²) >= 11 is 0. The summed E-state index contributed by atoms with van der Waals surface area (Å²) in [6.07, 6.45) is 0. The standard InChI is InChI=1S/C16H22N6O/c1-11-5-6-14(18-17-11)21-7-9-22(10-8-21)16(23)15-12(2)19-20(4)13(15)3/h5-6H,7-10H2,1-4H3. The molecule has 0 bridgehead atoms. The molecule has 3 rings (SSSR count). The minimum Gasteiger partial charge on any atom is -0.352 e. The predicted octanol–water partition coefficient (Wildman–Crippen LogP) is 1.10. The number of carbonyl (C=O) groups excluding carboxylic acids is 1. The van der Waals surface area contributed by atoms with Crippen LogP contribution in [0, 0.1) is 20.8 Å². The zero-order valence-corrected chi connectivity index (χ0v) is 14.1. The van der Waals surface area contributed by atoms with Crippen LogP contribution in [0.4, 0.5) is 5.82 Å². The molecule has 0 unspecified atom stereocenters. The lowest BCUT2D eigenvalue weighted by atomic mass is 10.1. The second-order valence-corrected chi connectivity index (χ2v) is 5.98. The number of anilines is 1. The van der Waals surface area contributed by atoms with Crippen LogP contribution in [0.1, 0.15) is 27.4 Å². The van der Waals surface area contributed by atoms with Crippen LogP contribution in [0.2, 0.25) is 0 Å². The predicted molar refractivity (Wildman–Crippen MR) is 87.6 cm³/mol. The lowest BCUT2D eigenvalue weighted by Crippen LogP contribution is -2.49. The Kier molecular flexibility index (Phi) is 4.02. The summed E-state index contributed by atoms with van der Waals surface area (Å²) in [6.45, 7) is 8.64. The number of carbonyl (C=O) groups is 1. The molecule has 1 aliphatic heterocycles. The number of hydrogen-bond acceptors (Lipinski definition) is 5. The molecule has 0 N–H and O–H groups in total. The van der Waals surface area contributed by atoms with Crippen molar-refractivity contribution in [1.82, 2.24) is 24.9 Å². The van der Waals surface area contributed by atoms with E-state index < -0.39 is 0 Å². The second kappa shape index (κ2) is 5.98. The Morgan fingerprint density at radius 2 is 1.74 bits per heavy atom. The maximum Gasteiger partial charge on any atom is 0.257 e. The van der Waals surface area contributed by atoms with E-state index in [1.165, 1.54) is 0 Å². The number of rotatable bonds is 2. The highest BCUT2D eigenvalue weighted by Crippen LogP contribution is 2.18. The molecule has 1 fully saturated rings. The third-order valence-corrected chi connectivity index (χ3v) is 4.40. The molecule has 0 atom stereocenters. The van der Waals surface area contributed by atoms with Crippen LogP contribution in [0.5, 0.6) is 0 Å². The van der Waals surface area contributed by atoms with Gasteiger partial charge in [0.1, 0.15) is 0 Å². The fraction of sp³-hybridized carbons (Fsp3) is 0.500. The Hall–Kier alpha value is -2.44. The highest BCUT2D eigenvalue weighted by molar-refractivity contribution is 5.96. The van der Waals surface area contributed by atoms with Gasteiger partial charge in [0.15, 0.2) is 5.82 Å². The molecule has 0 aliphatic carbocycles. The van der Waals surface area contributed by atoms with Gasteiger partial charge in [0.25, 0.3) is 5.91 Å². The van der Waals surface area contributed by atoms with E-state index in [1.807, 2.05) is 44.9 Å². The first-order chi connectivity index (χ1) is 11.0. The average molecular weight is 314 g/mol. The third-order valence-electron chi connectivity index (χ3n) is 4.40. The van der Waals surface area contributed by atoms with Gasteiger partial charge in [0.2, 0.25) is 0 Å². The number of hydrogen-bond donors (Lipinski definition) is 0. The summed E-state index contributed by atoms with van der Waals surface area (Å²) < 4.78 is 1.76. The SMILES string of the molecule is Cc1ccc(N2CCN(C(=O)c3c(C)nn(C)c3C)CC2)nn1. The van der Waals surface area contributed by atoms with E-state index in [1.54, 1.807) is 4.68 Å². The highest BCUT2D eigenvalue weighted by atomic mass is 16.2. The van der Waals surface area contributed by atoms with Crippen molar-refractivity contribution in [3.63, 3.8) is 0 Å². The van der Waals surface area contributed by atoms with E-state index >= 15 is 0 Å². The van der Waals surface area contributed by atoms with Crippen LogP contribution in [0.3, 0.4) is 0 Å². The molecule has 1 aliphatic rings. The summed E-state index contributed by atoms with van der Waals surface area (Å²) in [5, 5.41) is 12.7. The second-order valence-electron chi connectivity index (χ2n) is 5.98. The first kappa shape index (κ1) is 15.5. The van der Waals surface area contributed by atoms with E-state index in [0.717, 1.165) is 41.6 Å². The fourth-order valence-corrected chi connectivity index (χ4v) is 2.94. The molecule has 1 amide bonds. The smallest absolute Gasteiger partial charge is 0.257 e. The van der Waals surface area contributed by atoms with E-state index in [-0.39, 0.29) is 5.91 Å². The third kappa shape index (κ3) is 2.91. The molecular weight excluding hydrogens is 292 g/mol. The van der Waals surface area contributed by atoms with Crippen LogP contribution < -0.4 is 4.90 Å². The van der Waals surface area contributed by atoms with Crippen molar-refractivity contribution in [3.8, 4) is 0 Å². The summed E-state index contributed by atoms with van der Waals surface area (Å²) in [4.78, 5) is 16.8. The Balaban J connectivity index is 1.69. The van der Waals surface area contributed by atoms with Gasteiger partial charge in [-0.05, 0) is 32.9 Å². The van der Waals surface area contributed by atoms with Gasteiger partial charge in [-0.15, -0.1) is 5.10 Å². The van der Waals surface area contributed by atoms with E-state index in [9.17, 15) is 4.79 Å². The summed E-state index contributed by atoms with van der Waals surface area (Å²) in [5.74, 6) is 0.944. The van der Waals surface area contributed by atoms with Crippen molar-refractivity contribution in [3.05, 3.63) is 34.8 Å². The quantitative estimate of drug-likeness (QED) is 0.830. The van der Waals surface area contributed by atoms with Crippen LogP contribution in [-0.4, -0.2) is 57.0 Å². The molecule has 0 radical (unpaired) electrons. The maximum atomic E-state index is 12.8. The minimum absolute atomic E-state index is 0.0720. The molecule has 7 nitrogen and oxygen atoms in total. The molecule has 1 saturated heterocycles. The number of amides is 1. The number of aryl methyl sites for hydroxylation is 3. The number of aromatic nitrogens is 4. The molecule has 23 heavy (non-hydrogen) atoms. The number of piperazine rings is 1. The van der Waals surface area contributed by atoms with Gasteiger partial charge in [0.05, 0.1) is 17.0 Å². The normalized spacial score (nSPS) is 15.1. The summed E-state index contributed by atoms with van der Waals surface area (Å²) in [5.41, 5.74) is 3.35. The van der Waals surface area contributed by atoms with Crippen LogP contribution in [0.25, 0.3) is 0 Å². The first-order valence-corrected chi connectivity index (χ1v) is 7.82. The summed E-state index contributed by atoms with van der Waals surface area (Å²) in [6, 6.07) is 3.94. The molecule has 0 aromatic carbocycles. The molecular formula is C16H22N6O. The molecule has 2 aromatic rings. The highest BCUT2D eigenvalue weighted by Gasteiger charge is 2.26. The van der Waals surface area contributed by atoms with Gasteiger partial charge in [-0.25, -0.2) is 0 Å². The van der Waals surface area contributed by atoms with Crippen molar-refractivity contribution in [1.29, 1.82) is 0 Å². The lowest BCUT2D eigenvalue weighted by molar-refractivity contribution is 0.0745. The molecule has 0 saturated carbocycles. The Labute approximate surface area is 135 Å². The zero-order valence-electron chi connectivity index (χ0n) is 14.1. The van der Waals surface area contributed by atoms with Gasteiger partial charge >= 0.3 is 0 Å². The van der Waals surface area contributed by atoms with Gasteiger partial charge < -0.3 is 9.80 Å². The topological polar surface area (TPSA) is 67.2 Å². The Morgan fingerprint density at radius 1 is 1.04 bits per heavy atom. The Bertz CT molecular complexity index is 713. The van der Waals surface area contributed by atoms with Gasteiger partial charge in [-0.2, -0.15) is 10.2 Å². The molecule has 0 spiro atoms. The van der Waals surface area contributed by atoms with Crippen molar-refractivity contribution < 1.29 is 4.79 Å². The van der Waals surface area contributed by atoms with Crippen molar-refractivity contribution in [2.75, 3.05) is 31.1 Å². The van der Waals surface area contributed by atoms with Crippen LogP contribution >= 0.6 is 0 Å². The van der Waals surface area contributed by atoms with Gasteiger partial charge in [-0.1, -0.05) is 0 Å². The first-order valence-electron chi connectivity index (χ1n) is 7.82. The van der Waals surface area contributed by atoms with Crippen LogP contribution in [0.15, 0.2) is 12.1 Å². The monoisotopic (exact) mass is 314 g/mol. The van der Waals surface area contributed by atoms with E-state index in [2.05, 4.69) is 20.2 Å². The van der Waals surface area contributed by atoms with Crippen molar-refractivity contribution in [2.24, 2.45) is 7.05 Å².